The van der Waals surface area contributed by atoms with Crippen LogP contribution in [0.15, 0.2) is 24.4 Å². The van der Waals surface area contributed by atoms with Crippen LogP contribution in [0, 0.1) is 0 Å². The summed E-state index contributed by atoms with van der Waals surface area (Å²) in [5, 5.41) is 14.6. The summed E-state index contributed by atoms with van der Waals surface area (Å²) in [5.41, 5.74) is 0.126. The van der Waals surface area contributed by atoms with Crippen LogP contribution >= 0.6 is 0 Å². The minimum absolute atomic E-state index is 0.787. The number of nitrogens with zero attached hydrogens (tertiary/aromatic N) is 2. The lowest BCUT2D eigenvalue weighted by molar-refractivity contribution is 0.0630. The molecule has 3 heteroatoms. The third kappa shape index (κ3) is 1.48. The molecule has 0 saturated carbocycles. The van der Waals surface area contributed by atoms with Gasteiger partial charge in [-0.25, -0.2) is 0 Å². The summed E-state index contributed by atoms with van der Waals surface area (Å²) >= 11 is 0. The second-order valence-corrected chi connectivity index (χ2v) is 3.75. The van der Waals surface area contributed by atoms with Crippen LogP contribution in [-0.2, 0) is 12.1 Å². The van der Waals surface area contributed by atoms with E-state index in [1.165, 1.54) is 0 Å². The van der Waals surface area contributed by atoms with Crippen molar-refractivity contribution >= 4 is 0 Å². The van der Waals surface area contributed by atoms with E-state index in [4.69, 9.17) is 0 Å². The van der Waals surface area contributed by atoms with Crippen molar-refractivity contribution in [2.75, 3.05) is 0 Å². The number of rotatable bonds is 2. The Hall–Kier alpha value is -1.09. The van der Waals surface area contributed by atoms with E-state index in [1.807, 2.05) is 23.7 Å². The summed E-state index contributed by atoms with van der Waals surface area (Å²) < 4.78 is 1.86. The Kier molecular flexibility index (Phi) is 2.42. The summed E-state index contributed by atoms with van der Waals surface area (Å²) in [4.78, 5) is 0. The number of aryl methyl sites for hydroxylation is 1. The van der Waals surface area contributed by atoms with Crippen molar-refractivity contribution in [3.63, 3.8) is 0 Å². The van der Waals surface area contributed by atoms with Crippen LogP contribution < -0.4 is 0 Å². The van der Waals surface area contributed by atoms with Gasteiger partial charge < -0.3 is 5.11 Å². The van der Waals surface area contributed by atoms with E-state index in [0.717, 1.165) is 31.5 Å². The minimum Gasteiger partial charge on any atom is -0.379 e. The molecule has 0 fully saturated rings. The Balaban J connectivity index is 2.37. The van der Waals surface area contributed by atoms with Crippen molar-refractivity contribution in [1.29, 1.82) is 0 Å². The lowest BCUT2D eigenvalue weighted by Crippen LogP contribution is -2.28. The van der Waals surface area contributed by atoms with E-state index < -0.39 is 5.60 Å². The largest absolute Gasteiger partial charge is 0.379 e. The van der Waals surface area contributed by atoms with Crippen molar-refractivity contribution < 1.29 is 5.11 Å². The summed E-state index contributed by atoms with van der Waals surface area (Å²) in [6.45, 7) is 2.84. The highest BCUT2D eigenvalue weighted by Crippen LogP contribution is 2.31. The monoisotopic (exact) mass is 192 g/mol. The zero-order chi connectivity index (χ0) is 10.0. The van der Waals surface area contributed by atoms with Crippen LogP contribution in [-0.4, -0.2) is 14.9 Å². The molecule has 1 N–H and O–H groups in total. The number of aliphatic hydroxyl groups is 1. The van der Waals surface area contributed by atoms with Crippen molar-refractivity contribution in [3.05, 3.63) is 30.1 Å². The van der Waals surface area contributed by atoms with E-state index in [9.17, 15) is 5.11 Å². The SMILES string of the molecule is CCn1nccc1C1(O)C=CCCC1. The predicted octanol–water partition coefficient (Wildman–Crippen LogP) is 1.83. The third-order valence-corrected chi connectivity index (χ3v) is 2.78. The molecule has 14 heavy (non-hydrogen) atoms. The molecule has 1 heterocycles. The number of allylic oxidation sites excluding steroid dienone is 1. The molecular weight excluding hydrogens is 176 g/mol. The van der Waals surface area contributed by atoms with Crippen molar-refractivity contribution in [2.24, 2.45) is 0 Å². The van der Waals surface area contributed by atoms with Crippen LogP contribution in [0.25, 0.3) is 0 Å². The van der Waals surface area contributed by atoms with Crippen LogP contribution in [0.2, 0.25) is 0 Å². The van der Waals surface area contributed by atoms with Crippen LogP contribution in [0.1, 0.15) is 31.9 Å². The summed E-state index contributed by atoms with van der Waals surface area (Å²) in [6, 6.07) is 1.90. The van der Waals surface area contributed by atoms with Gasteiger partial charge in [0.15, 0.2) is 0 Å². The van der Waals surface area contributed by atoms with Gasteiger partial charge in [-0.2, -0.15) is 5.10 Å². The third-order valence-electron chi connectivity index (χ3n) is 2.78. The maximum Gasteiger partial charge on any atom is 0.124 e. The molecule has 0 aromatic carbocycles. The van der Waals surface area contributed by atoms with E-state index in [-0.39, 0.29) is 0 Å². The van der Waals surface area contributed by atoms with Crippen molar-refractivity contribution in [3.8, 4) is 0 Å². The molecule has 1 aromatic heterocycles. The fourth-order valence-corrected chi connectivity index (χ4v) is 2.02. The first-order chi connectivity index (χ1) is 6.76. The zero-order valence-electron chi connectivity index (χ0n) is 8.48. The summed E-state index contributed by atoms with van der Waals surface area (Å²) in [7, 11) is 0. The highest BCUT2D eigenvalue weighted by atomic mass is 16.3. The van der Waals surface area contributed by atoms with Gasteiger partial charge in [-0.3, -0.25) is 4.68 Å². The lowest BCUT2D eigenvalue weighted by Gasteiger charge is -2.27. The molecule has 1 aliphatic rings. The van der Waals surface area contributed by atoms with Crippen LogP contribution in [0.4, 0.5) is 0 Å². The van der Waals surface area contributed by atoms with Crippen LogP contribution in [0.3, 0.4) is 0 Å². The first-order valence-electron chi connectivity index (χ1n) is 5.18. The molecule has 0 amide bonds. The number of hydrogen-bond acceptors (Lipinski definition) is 2. The van der Waals surface area contributed by atoms with Gasteiger partial charge in [-0.1, -0.05) is 12.2 Å². The molecule has 2 rings (SSSR count). The molecule has 1 aromatic rings. The number of hydrogen-bond donors (Lipinski definition) is 1. The fourth-order valence-electron chi connectivity index (χ4n) is 2.02. The van der Waals surface area contributed by atoms with Gasteiger partial charge in [0.05, 0.1) is 5.69 Å². The molecule has 0 aliphatic heterocycles. The molecule has 3 nitrogen and oxygen atoms in total. The molecule has 1 atom stereocenters. The first kappa shape index (κ1) is 9.46. The molecule has 0 saturated heterocycles. The maximum absolute atomic E-state index is 10.4. The zero-order valence-corrected chi connectivity index (χ0v) is 8.48. The average molecular weight is 192 g/mol. The standard InChI is InChI=1S/C11H16N2O/c1-2-13-10(6-9-12-13)11(14)7-4-3-5-8-11/h4,6-7,9,14H,2-3,5,8H2,1H3. The second-order valence-electron chi connectivity index (χ2n) is 3.75. The van der Waals surface area contributed by atoms with Gasteiger partial charge in [0.2, 0.25) is 0 Å². The Bertz CT molecular complexity index is 343. The molecule has 0 bridgehead atoms. The van der Waals surface area contributed by atoms with Crippen molar-refractivity contribution in [2.45, 2.75) is 38.3 Å². The highest BCUT2D eigenvalue weighted by Gasteiger charge is 2.30. The molecule has 1 aliphatic carbocycles. The highest BCUT2D eigenvalue weighted by molar-refractivity contribution is 5.21. The Labute approximate surface area is 84.1 Å². The first-order valence-corrected chi connectivity index (χ1v) is 5.18. The molecular formula is C11H16N2O. The van der Waals surface area contributed by atoms with E-state index in [0.29, 0.717) is 0 Å². The molecule has 76 valence electrons. The van der Waals surface area contributed by atoms with Gasteiger partial charge in [-0.05, 0) is 32.3 Å². The minimum atomic E-state index is -0.787. The van der Waals surface area contributed by atoms with Gasteiger partial charge >= 0.3 is 0 Å². The number of aromatic nitrogens is 2. The maximum atomic E-state index is 10.4. The van der Waals surface area contributed by atoms with E-state index in [1.54, 1.807) is 6.20 Å². The average Bonchev–Trinajstić information content (AvgIpc) is 2.67. The fraction of sp³-hybridized carbons (Fsp3) is 0.545. The van der Waals surface area contributed by atoms with Gasteiger partial charge in [0, 0.05) is 12.7 Å². The van der Waals surface area contributed by atoms with Crippen LogP contribution in [0.5, 0.6) is 0 Å². The van der Waals surface area contributed by atoms with E-state index >= 15 is 0 Å². The Morgan fingerprint density at radius 3 is 3.14 bits per heavy atom. The normalized spacial score (nSPS) is 26.7. The van der Waals surface area contributed by atoms with Gasteiger partial charge in [-0.15, -0.1) is 0 Å². The predicted molar refractivity (Wildman–Crippen MR) is 54.8 cm³/mol. The quantitative estimate of drug-likeness (QED) is 0.726. The van der Waals surface area contributed by atoms with Crippen molar-refractivity contribution in [1.82, 2.24) is 9.78 Å². The summed E-state index contributed by atoms with van der Waals surface area (Å²) in [6.07, 6.45) is 8.62. The van der Waals surface area contributed by atoms with E-state index in [2.05, 4.69) is 11.2 Å². The molecule has 0 spiro atoms. The molecule has 0 radical (unpaired) electrons. The smallest absolute Gasteiger partial charge is 0.124 e. The van der Waals surface area contributed by atoms with Gasteiger partial charge in [0.25, 0.3) is 0 Å². The molecule has 1 unspecified atom stereocenters. The Morgan fingerprint density at radius 2 is 2.50 bits per heavy atom. The lowest BCUT2D eigenvalue weighted by atomic mass is 9.88. The van der Waals surface area contributed by atoms with Gasteiger partial charge in [0.1, 0.15) is 5.60 Å². The Morgan fingerprint density at radius 1 is 1.64 bits per heavy atom. The second kappa shape index (κ2) is 3.58. The topological polar surface area (TPSA) is 38.0 Å². The summed E-state index contributed by atoms with van der Waals surface area (Å²) in [5.74, 6) is 0.